The second-order valence-electron chi connectivity index (χ2n) is 4.63. The van der Waals surface area contributed by atoms with E-state index in [9.17, 15) is 9.59 Å². The van der Waals surface area contributed by atoms with Gasteiger partial charge in [-0.1, -0.05) is 0 Å². The van der Waals surface area contributed by atoms with Crippen LogP contribution in [-0.4, -0.2) is 52.3 Å². The molecule has 0 spiro atoms. The van der Waals surface area contributed by atoms with E-state index in [4.69, 9.17) is 14.2 Å². The molecule has 1 amide bonds. The molecular formula is C15H19NO5. The van der Waals surface area contributed by atoms with Crippen molar-refractivity contribution in [2.75, 3.05) is 45.5 Å². The van der Waals surface area contributed by atoms with Crippen LogP contribution in [0.4, 0.5) is 5.69 Å². The van der Waals surface area contributed by atoms with Crippen molar-refractivity contribution in [2.24, 2.45) is 0 Å². The van der Waals surface area contributed by atoms with E-state index in [-0.39, 0.29) is 0 Å². The average Bonchev–Trinajstić information content (AvgIpc) is 2.74. The predicted octanol–water partition coefficient (Wildman–Crippen LogP) is 1.28. The van der Waals surface area contributed by atoms with Crippen molar-refractivity contribution in [2.45, 2.75) is 6.42 Å². The van der Waals surface area contributed by atoms with Gasteiger partial charge >= 0.3 is 0 Å². The Morgan fingerprint density at radius 3 is 2.62 bits per heavy atom. The Morgan fingerprint density at radius 2 is 1.90 bits per heavy atom. The number of ketones is 1. The minimum absolute atomic E-state index is 0.432. The van der Waals surface area contributed by atoms with E-state index in [0.717, 1.165) is 0 Å². The summed E-state index contributed by atoms with van der Waals surface area (Å²) in [6.45, 7) is 2.02. The first kappa shape index (κ1) is 15.5. The Morgan fingerprint density at radius 1 is 1.10 bits per heavy atom. The van der Waals surface area contributed by atoms with Crippen LogP contribution in [0, 0.1) is 0 Å². The van der Waals surface area contributed by atoms with Gasteiger partial charge in [-0.15, -0.1) is 0 Å². The molecule has 0 fully saturated rings. The maximum absolute atomic E-state index is 12.0. The molecule has 2 rings (SSSR count). The number of carbonyl (C=O) groups is 2. The number of ether oxygens (including phenoxy) is 3. The number of Topliss-reactive ketones (excluding diaryl/α,β-unsaturated/α-hetero) is 1. The summed E-state index contributed by atoms with van der Waals surface area (Å²) in [7, 11) is 3.16. The Balaban J connectivity index is 1.97. The second kappa shape index (κ2) is 7.19. The third-order valence-electron chi connectivity index (χ3n) is 3.28. The van der Waals surface area contributed by atoms with E-state index in [0.29, 0.717) is 49.8 Å². The first-order chi connectivity index (χ1) is 10.2. The summed E-state index contributed by atoms with van der Waals surface area (Å²) < 4.78 is 15.4. The lowest BCUT2D eigenvalue weighted by molar-refractivity contribution is -0.114. The van der Waals surface area contributed by atoms with E-state index in [1.807, 2.05) is 0 Å². The SMILES string of the molecule is COCCOCCCN1C(=O)C(=O)c2ccc(OC)cc21. The standard InChI is InChI=1S/C15H19NO5/c1-19-8-9-21-7-3-6-16-13-10-11(20-2)4-5-12(13)14(17)15(16)18/h4-5,10H,3,6-9H2,1-2H3. The first-order valence-electron chi connectivity index (χ1n) is 6.80. The zero-order chi connectivity index (χ0) is 15.2. The molecule has 1 aliphatic heterocycles. The number of nitrogens with zero attached hydrogens (tertiary/aromatic N) is 1. The average molecular weight is 293 g/mol. The Kier molecular flexibility index (Phi) is 5.30. The lowest BCUT2D eigenvalue weighted by Crippen LogP contribution is -2.31. The Hall–Kier alpha value is -1.92. The van der Waals surface area contributed by atoms with Crippen molar-refractivity contribution in [3.8, 4) is 5.75 Å². The molecule has 0 radical (unpaired) electrons. The molecule has 114 valence electrons. The molecule has 0 saturated heterocycles. The largest absolute Gasteiger partial charge is 0.497 e. The quantitative estimate of drug-likeness (QED) is 0.533. The van der Waals surface area contributed by atoms with Gasteiger partial charge in [-0.25, -0.2) is 0 Å². The van der Waals surface area contributed by atoms with Gasteiger partial charge in [-0.3, -0.25) is 9.59 Å². The number of methoxy groups -OCH3 is 2. The molecule has 0 aliphatic carbocycles. The highest BCUT2D eigenvalue weighted by atomic mass is 16.5. The maximum atomic E-state index is 12.0. The van der Waals surface area contributed by atoms with Gasteiger partial charge in [0.25, 0.3) is 11.7 Å². The van der Waals surface area contributed by atoms with E-state index < -0.39 is 11.7 Å². The normalized spacial score (nSPS) is 13.7. The fourth-order valence-corrected chi connectivity index (χ4v) is 2.19. The monoisotopic (exact) mass is 293 g/mol. The molecule has 6 heteroatoms. The van der Waals surface area contributed by atoms with Gasteiger partial charge in [0.15, 0.2) is 0 Å². The number of amides is 1. The van der Waals surface area contributed by atoms with Gasteiger partial charge in [0.2, 0.25) is 0 Å². The van der Waals surface area contributed by atoms with Gasteiger partial charge in [0.1, 0.15) is 5.75 Å². The predicted molar refractivity (Wildman–Crippen MR) is 77.0 cm³/mol. The summed E-state index contributed by atoms with van der Waals surface area (Å²) in [5.74, 6) is -0.333. The van der Waals surface area contributed by atoms with Crippen LogP contribution in [0.5, 0.6) is 5.75 Å². The second-order valence-corrected chi connectivity index (χ2v) is 4.63. The first-order valence-corrected chi connectivity index (χ1v) is 6.80. The highest BCUT2D eigenvalue weighted by molar-refractivity contribution is 6.52. The van der Waals surface area contributed by atoms with Gasteiger partial charge < -0.3 is 19.1 Å². The van der Waals surface area contributed by atoms with Crippen LogP contribution < -0.4 is 9.64 Å². The van der Waals surface area contributed by atoms with Crippen molar-refractivity contribution >= 4 is 17.4 Å². The van der Waals surface area contributed by atoms with Crippen LogP contribution >= 0.6 is 0 Å². The van der Waals surface area contributed by atoms with Crippen LogP contribution in [0.1, 0.15) is 16.8 Å². The molecule has 0 bridgehead atoms. The van der Waals surface area contributed by atoms with E-state index in [1.54, 1.807) is 32.4 Å². The zero-order valence-corrected chi connectivity index (χ0v) is 12.3. The van der Waals surface area contributed by atoms with Crippen LogP contribution in [-0.2, 0) is 14.3 Å². The van der Waals surface area contributed by atoms with Crippen molar-refractivity contribution < 1.29 is 23.8 Å². The van der Waals surface area contributed by atoms with Gasteiger partial charge in [-0.05, 0) is 18.6 Å². The highest BCUT2D eigenvalue weighted by Crippen LogP contribution is 2.32. The summed E-state index contributed by atoms with van der Waals surface area (Å²) in [5.41, 5.74) is 1.04. The molecule has 1 aromatic rings. The lowest BCUT2D eigenvalue weighted by Gasteiger charge is -2.16. The van der Waals surface area contributed by atoms with E-state index in [1.165, 1.54) is 4.90 Å². The van der Waals surface area contributed by atoms with Gasteiger partial charge in [-0.2, -0.15) is 0 Å². The summed E-state index contributed by atoms with van der Waals surface area (Å²) in [6, 6.07) is 5.02. The number of carbonyl (C=O) groups excluding carboxylic acids is 2. The molecule has 1 aliphatic rings. The third-order valence-corrected chi connectivity index (χ3v) is 3.28. The molecule has 0 N–H and O–H groups in total. The van der Waals surface area contributed by atoms with E-state index >= 15 is 0 Å². The van der Waals surface area contributed by atoms with Gasteiger partial charge in [0, 0.05) is 26.3 Å². The van der Waals surface area contributed by atoms with Crippen LogP contribution in [0.15, 0.2) is 18.2 Å². The van der Waals surface area contributed by atoms with Crippen LogP contribution in [0.3, 0.4) is 0 Å². The fourth-order valence-electron chi connectivity index (χ4n) is 2.19. The lowest BCUT2D eigenvalue weighted by atomic mass is 10.1. The maximum Gasteiger partial charge on any atom is 0.299 e. The fraction of sp³-hybridized carbons (Fsp3) is 0.467. The summed E-state index contributed by atoms with van der Waals surface area (Å²) in [4.78, 5) is 25.4. The topological polar surface area (TPSA) is 65.1 Å². The van der Waals surface area contributed by atoms with Crippen LogP contribution in [0.2, 0.25) is 0 Å². The summed E-state index contributed by atoms with van der Waals surface area (Å²) in [5, 5.41) is 0. The zero-order valence-electron chi connectivity index (χ0n) is 12.3. The molecule has 0 atom stereocenters. The van der Waals surface area contributed by atoms with Crippen LogP contribution in [0.25, 0.3) is 0 Å². The molecule has 6 nitrogen and oxygen atoms in total. The minimum Gasteiger partial charge on any atom is -0.497 e. The number of anilines is 1. The van der Waals surface area contributed by atoms with Crippen molar-refractivity contribution in [3.05, 3.63) is 23.8 Å². The summed E-state index contributed by atoms with van der Waals surface area (Å²) >= 11 is 0. The number of rotatable bonds is 8. The molecule has 21 heavy (non-hydrogen) atoms. The number of benzene rings is 1. The minimum atomic E-state index is -0.491. The van der Waals surface area contributed by atoms with Crippen molar-refractivity contribution in [1.82, 2.24) is 0 Å². The molecule has 1 heterocycles. The van der Waals surface area contributed by atoms with Gasteiger partial charge in [0.05, 0.1) is 31.6 Å². The highest BCUT2D eigenvalue weighted by Gasteiger charge is 2.35. The molecule has 0 aromatic heterocycles. The molecule has 0 saturated carbocycles. The smallest absolute Gasteiger partial charge is 0.299 e. The van der Waals surface area contributed by atoms with E-state index in [2.05, 4.69) is 0 Å². The Bertz CT molecular complexity index is 529. The van der Waals surface area contributed by atoms with Crippen molar-refractivity contribution in [1.29, 1.82) is 0 Å². The molecule has 1 aromatic carbocycles. The summed E-state index contributed by atoms with van der Waals surface area (Å²) in [6.07, 6.45) is 0.652. The third kappa shape index (κ3) is 3.40. The molecule has 0 unspecified atom stereocenters. The number of hydrogen-bond donors (Lipinski definition) is 0. The van der Waals surface area contributed by atoms with Crippen molar-refractivity contribution in [3.63, 3.8) is 0 Å². The Labute approximate surface area is 123 Å². The number of fused-ring (bicyclic) bond motifs is 1. The number of hydrogen-bond acceptors (Lipinski definition) is 5. The molecular weight excluding hydrogens is 274 g/mol.